The molecule has 3 atom stereocenters. The number of β-lactam (4-membered cyclic amide) rings is 1. The number of imide groups is 1. The molecule has 3 aliphatic rings. The Labute approximate surface area is 205 Å². The summed E-state index contributed by atoms with van der Waals surface area (Å²) in [7, 11) is 0. The predicted octanol–water partition coefficient (Wildman–Crippen LogP) is 1.57. The Bertz CT molecular complexity index is 1210. The molecule has 2 saturated heterocycles. The second-order valence-corrected chi connectivity index (χ2v) is 10.9. The number of amides is 4. The summed E-state index contributed by atoms with van der Waals surface area (Å²) in [5.41, 5.74) is 1.36. The number of nitrogens with one attached hydrogen (secondary N) is 1. The van der Waals surface area contributed by atoms with Crippen LogP contribution in [0.25, 0.3) is 0 Å². The molecule has 0 aliphatic carbocycles. The number of hydrogen-bond acceptors (Lipinski definition) is 7. The molecule has 9 nitrogen and oxygen atoms in total. The van der Waals surface area contributed by atoms with Gasteiger partial charge in [-0.15, -0.1) is 11.8 Å². The maximum absolute atomic E-state index is 13.0. The smallest absolute Gasteiger partial charge is 0.332 e. The molecule has 2 fully saturated rings. The van der Waals surface area contributed by atoms with Crippen molar-refractivity contribution < 1.29 is 28.7 Å². The van der Waals surface area contributed by atoms with Crippen molar-refractivity contribution in [1.82, 2.24) is 15.1 Å². The van der Waals surface area contributed by atoms with Crippen molar-refractivity contribution in [2.45, 2.75) is 42.5 Å². The number of esters is 1. The van der Waals surface area contributed by atoms with E-state index in [0.29, 0.717) is 0 Å². The zero-order chi connectivity index (χ0) is 24.9. The number of thioether (sulfide) groups is 1. The number of nitrogens with zero attached hydrogens (tertiary/aromatic N) is 2. The number of carbonyl (C=O) groups is 5. The van der Waals surface area contributed by atoms with Crippen LogP contribution in [0, 0.1) is 0 Å². The van der Waals surface area contributed by atoms with E-state index in [4.69, 9.17) is 4.74 Å². The highest BCUT2D eigenvalue weighted by molar-refractivity contribution is 8.01. The van der Waals surface area contributed by atoms with E-state index in [1.54, 1.807) is 24.3 Å². The van der Waals surface area contributed by atoms with E-state index in [-0.39, 0.29) is 29.4 Å². The van der Waals surface area contributed by atoms with Crippen LogP contribution in [0.3, 0.4) is 0 Å². The summed E-state index contributed by atoms with van der Waals surface area (Å²) in [4.78, 5) is 65.8. The highest BCUT2D eigenvalue weighted by Crippen LogP contribution is 2.51. The fraction of sp³-hybridized carbons (Fsp3) is 0.320. The molecule has 180 valence electrons. The first-order chi connectivity index (χ1) is 16.7. The molecule has 0 radical (unpaired) electrons. The van der Waals surface area contributed by atoms with Gasteiger partial charge in [-0.05, 0) is 31.5 Å². The molecule has 3 aliphatic heterocycles. The second kappa shape index (κ2) is 8.53. The molecule has 35 heavy (non-hydrogen) atoms. The van der Waals surface area contributed by atoms with E-state index in [1.165, 1.54) is 16.7 Å². The average molecular weight is 494 g/mol. The summed E-state index contributed by atoms with van der Waals surface area (Å²) in [6, 6.07) is 14.0. The Morgan fingerprint density at radius 1 is 0.971 bits per heavy atom. The molecule has 3 heterocycles. The van der Waals surface area contributed by atoms with Crippen molar-refractivity contribution in [3.8, 4) is 0 Å². The number of benzene rings is 2. The van der Waals surface area contributed by atoms with Crippen molar-refractivity contribution in [2.24, 2.45) is 0 Å². The van der Waals surface area contributed by atoms with Gasteiger partial charge in [0.1, 0.15) is 17.5 Å². The SMILES string of the molecule is CC1(C)S[C@@H]2[C@H](NC(=O)Cc3ccccc3)C(=O)N2[C@H]1C(=O)OCN1C(=O)c2ccccc2C1=O. The molecule has 0 aromatic heterocycles. The molecular formula is C25H23N3O6S. The third-order valence-corrected chi connectivity index (χ3v) is 7.97. The Morgan fingerprint density at radius 3 is 2.20 bits per heavy atom. The molecule has 5 rings (SSSR count). The van der Waals surface area contributed by atoms with Gasteiger partial charge < -0.3 is 15.0 Å². The molecule has 0 unspecified atom stereocenters. The molecule has 0 bridgehead atoms. The van der Waals surface area contributed by atoms with Gasteiger partial charge in [-0.2, -0.15) is 0 Å². The molecule has 2 aromatic carbocycles. The van der Waals surface area contributed by atoms with E-state index in [1.807, 2.05) is 44.2 Å². The first kappa shape index (κ1) is 23.1. The first-order valence-corrected chi connectivity index (χ1v) is 12.0. The van der Waals surface area contributed by atoms with Gasteiger partial charge in [-0.3, -0.25) is 19.2 Å². The van der Waals surface area contributed by atoms with Gasteiger partial charge >= 0.3 is 5.97 Å². The van der Waals surface area contributed by atoms with Crippen LogP contribution in [0.2, 0.25) is 0 Å². The van der Waals surface area contributed by atoms with Crippen LogP contribution in [-0.2, 0) is 25.5 Å². The standard InChI is InChI=1S/C25H23N3O6S/c1-25(2)19(24(33)34-13-27-20(30)15-10-6-7-11-16(15)21(27)31)28-22(32)18(23(28)35-25)26-17(29)12-14-8-4-3-5-9-14/h3-11,18-19,23H,12-13H2,1-2H3,(H,26,29)/t18-,19+,23-/m1/s1. The minimum Gasteiger partial charge on any atom is -0.442 e. The van der Waals surface area contributed by atoms with Crippen LogP contribution in [0.1, 0.15) is 40.1 Å². The zero-order valence-corrected chi connectivity index (χ0v) is 19.9. The van der Waals surface area contributed by atoms with Gasteiger partial charge in [-0.25, -0.2) is 9.69 Å². The minimum absolute atomic E-state index is 0.150. The van der Waals surface area contributed by atoms with Crippen molar-refractivity contribution in [1.29, 1.82) is 0 Å². The van der Waals surface area contributed by atoms with Gasteiger partial charge in [0.2, 0.25) is 11.8 Å². The van der Waals surface area contributed by atoms with Crippen LogP contribution in [0.5, 0.6) is 0 Å². The van der Waals surface area contributed by atoms with E-state index in [2.05, 4.69) is 5.32 Å². The number of fused-ring (bicyclic) bond motifs is 2. The van der Waals surface area contributed by atoms with Gasteiger partial charge in [-0.1, -0.05) is 42.5 Å². The molecule has 2 aromatic rings. The molecular weight excluding hydrogens is 470 g/mol. The summed E-state index contributed by atoms with van der Waals surface area (Å²) in [6.45, 7) is 3.10. The van der Waals surface area contributed by atoms with Gasteiger partial charge in [0.05, 0.1) is 17.5 Å². The van der Waals surface area contributed by atoms with Crippen molar-refractivity contribution in [3.05, 3.63) is 71.3 Å². The Morgan fingerprint density at radius 2 is 1.57 bits per heavy atom. The molecule has 0 saturated carbocycles. The third-order valence-electron chi connectivity index (χ3n) is 6.40. The summed E-state index contributed by atoms with van der Waals surface area (Å²) < 4.78 is 4.67. The Hall–Kier alpha value is -3.66. The topological polar surface area (TPSA) is 113 Å². The maximum Gasteiger partial charge on any atom is 0.332 e. The van der Waals surface area contributed by atoms with Crippen LogP contribution in [-0.4, -0.2) is 68.3 Å². The number of hydrogen-bond donors (Lipinski definition) is 1. The lowest BCUT2D eigenvalue weighted by Crippen LogP contribution is -2.70. The quantitative estimate of drug-likeness (QED) is 0.369. The molecule has 10 heteroatoms. The van der Waals surface area contributed by atoms with Crippen LogP contribution in [0.4, 0.5) is 0 Å². The highest BCUT2D eigenvalue weighted by atomic mass is 32.2. The van der Waals surface area contributed by atoms with Crippen molar-refractivity contribution >= 4 is 41.4 Å². The summed E-state index contributed by atoms with van der Waals surface area (Å²) in [5, 5.41) is 2.37. The van der Waals surface area contributed by atoms with Crippen molar-refractivity contribution in [2.75, 3.05) is 6.73 Å². The summed E-state index contributed by atoms with van der Waals surface area (Å²) >= 11 is 1.41. The zero-order valence-electron chi connectivity index (χ0n) is 19.1. The third kappa shape index (κ3) is 3.87. The van der Waals surface area contributed by atoms with Gasteiger partial charge in [0.25, 0.3) is 11.8 Å². The van der Waals surface area contributed by atoms with Gasteiger partial charge in [0.15, 0.2) is 6.73 Å². The number of carbonyl (C=O) groups excluding carboxylic acids is 5. The lowest BCUT2D eigenvalue weighted by Gasteiger charge is -2.44. The van der Waals surface area contributed by atoms with E-state index in [0.717, 1.165) is 10.5 Å². The molecule has 1 N–H and O–H groups in total. The monoisotopic (exact) mass is 493 g/mol. The lowest BCUT2D eigenvalue weighted by atomic mass is 9.96. The van der Waals surface area contributed by atoms with Crippen LogP contribution in [0.15, 0.2) is 54.6 Å². The van der Waals surface area contributed by atoms with E-state index in [9.17, 15) is 24.0 Å². The summed E-state index contributed by atoms with van der Waals surface area (Å²) in [5.74, 6) is -2.40. The van der Waals surface area contributed by atoms with E-state index < -0.39 is 46.7 Å². The Balaban J connectivity index is 1.22. The maximum atomic E-state index is 13.0. The Kier molecular flexibility index (Phi) is 5.63. The normalized spacial score (nSPS) is 24.1. The molecule has 0 spiro atoms. The number of rotatable bonds is 6. The molecule has 4 amide bonds. The second-order valence-electron chi connectivity index (χ2n) is 9.14. The fourth-order valence-electron chi connectivity index (χ4n) is 4.70. The summed E-state index contributed by atoms with van der Waals surface area (Å²) in [6.07, 6.45) is 0.150. The largest absolute Gasteiger partial charge is 0.442 e. The fourth-order valence-corrected chi connectivity index (χ4v) is 6.32. The van der Waals surface area contributed by atoms with E-state index >= 15 is 0 Å². The predicted molar refractivity (Wildman–Crippen MR) is 126 cm³/mol. The highest BCUT2D eigenvalue weighted by Gasteiger charge is 2.64. The first-order valence-electron chi connectivity index (χ1n) is 11.1. The minimum atomic E-state index is -0.914. The lowest BCUT2D eigenvalue weighted by molar-refractivity contribution is -0.165. The van der Waals surface area contributed by atoms with Crippen molar-refractivity contribution in [3.63, 3.8) is 0 Å². The number of ether oxygens (including phenoxy) is 1. The van der Waals surface area contributed by atoms with Crippen LogP contribution < -0.4 is 5.32 Å². The average Bonchev–Trinajstić information content (AvgIpc) is 3.24. The van der Waals surface area contributed by atoms with Crippen LogP contribution >= 0.6 is 11.8 Å². The van der Waals surface area contributed by atoms with Gasteiger partial charge in [0, 0.05) is 4.75 Å².